The average molecular weight is 516 g/mol. The fourth-order valence-corrected chi connectivity index (χ4v) is 5.03. The zero-order chi connectivity index (χ0) is 26.5. The molecular formula is C27H25N5O4S. The lowest BCUT2D eigenvalue weighted by molar-refractivity contribution is 0.0934. The predicted octanol–water partition coefficient (Wildman–Crippen LogP) is 3.60. The lowest BCUT2D eigenvalue weighted by Gasteiger charge is -2.14. The number of nitrogens with zero attached hydrogens (tertiary/aromatic N) is 2. The van der Waals surface area contributed by atoms with Gasteiger partial charge in [0.1, 0.15) is 5.52 Å². The molecule has 5 aromatic rings. The van der Waals surface area contributed by atoms with E-state index in [9.17, 15) is 18.0 Å². The number of fused-ring (bicyclic) bond motifs is 2. The van der Waals surface area contributed by atoms with Crippen LogP contribution in [0.4, 0.5) is 0 Å². The summed E-state index contributed by atoms with van der Waals surface area (Å²) >= 11 is 0. The van der Waals surface area contributed by atoms with Crippen molar-refractivity contribution in [3.63, 3.8) is 0 Å². The van der Waals surface area contributed by atoms with Crippen molar-refractivity contribution in [1.29, 1.82) is 0 Å². The molecule has 0 saturated carbocycles. The summed E-state index contributed by atoms with van der Waals surface area (Å²) in [6.07, 6.45) is 0. The molecular weight excluding hydrogens is 490 g/mol. The van der Waals surface area contributed by atoms with E-state index >= 15 is 0 Å². The van der Waals surface area contributed by atoms with Crippen molar-refractivity contribution in [2.24, 2.45) is 5.14 Å². The number of aryl methyl sites for hydroxylation is 2. The van der Waals surface area contributed by atoms with Crippen LogP contribution in [-0.4, -0.2) is 28.9 Å². The Hall–Kier alpha value is -4.28. The van der Waals surface area contributed by atoms with E-state index in [1.807, 2.05) is 49.4 Å². The van der Waals surface area contributed by atoms with Crippen LogP contribution in [0.1, 0.15) is 40.3 Å². The number of primary sulfonamides is 1. The van der Waals surface area contributed by atoms with Crippen LogP contribution in [0.3, 0.4) is 0 Å². The average Bonchev–Trinajstić information content (AvgIpc) is 3.23. The van der Waals surface area contributed by atoms with Crippen molar-refractivity contribution in [1.82, 2.24) is 19.9 Å². The van der Waals surface area contributed by atoms with Crippen LogP contribution < -0.4 is 16.0 Å². The first kappa shape index (κ1) is 24.4. The normalized spacial score (nSPS) is 12.6. The number of carbonyl (C=O) groups excluding carboxylic acids is 1. The summed E-state index contributed by atoms with van der Waals surface area (Å²) < 4.78 is 24.5. The highest BCUT2D eigenvalue weighted by atomic mass is 32.2. The molecule has 0 aliphatic carbocycles. The quantitative estimate of drug-likeness (QED) is 0.328. The van der Waals surface area contributed by atoms with E-state index in [4.69, 9.17) is 5.14 Å². The summed E-state index contributed by atoms with van der Waals surface area (Å²) in [6.45, 7) is 5.30. The number of aromatic amines is 1. The second-order valence-corrected chi connectivity index (χ2v) is 10.6. The zero-order valence-electron chi connectivity index (χ0n) is 20.4. The number of carbonyl (C=O) groups is 1. The van der Waals surface area contributed by atoms with E-state index in [-0.39, 0.29) is 16.1 Å². The van der Waals surface area contributed by atoms with Crippen molar-refractivity contribution >= 4 is 32.2 Å². The lowest BCUT2D eigenvalue weighted by atomic mass is 10.0. The van der Waals surface area contributed by atoms with Crippen LogP contribution in [0.2, 0.25) is 0 Å². The Morgan fingerprint density at radius 3 is 2.38 bits per heavy atom. The Morgan fingerprint density at radius 2 is 1.70 bits per heavy atom. The molecule has 0 fully saturated rings. The van der Waals surface area contributed by atoms with E-state index in [1.54, 1.807) is 26.0 Å². The van der Waals surface area contributed by atoms with Crippen molar-refractivity contribution in [3.8, 4) is 11.3 Å². The topological polar surface area (TPSA) is 139 Å². The maximum atomic E-state index is 13.2. The van der Waals surface area contributed by atoms with Gasteiger partial charge in [-0.15, -0.1) is 0 Å². The monoisotopic (exact) mass is 515 g/mol. The van der Waals surface area contributed by atoms with Gasteiger partial charge >= 0.3 is 0 Å². The fourth-order valence-electron chi connectivity index (χ4n) is 4.51. The molecule has 0 aliphatic rings. The smallest absolute Gasteiger partial charge is 0.274 e. The minimum atomic E-state index is -3.81. The molecule has 2 aromatic heterocycles. The van der Waals surface area contributed by atoms with Gasteiger partial charge < -0.3 is 10.3 Å². The summed E-state index contributed by atoms with van der Waals surface area (Å²) in [7, 11) is -3.81. The van der Waals surface area contributed by atoms with Gasteiger partial charge in [-0.05, 0) is 55.3 Å². The molecule has 9 nitrogen and oxygen atoms in total. The predicted molar refractivity (Wildman–Crippen MR) is 142 cm³/mol. The van der Waals surface area contributed by atoms with Crippen molar-refractivity contribution < 1.29 is 13.2 Å². The molecule has 1 unspecified atom stereocenters. The number of nitrogens with one attached hydrogen (secondary N) is 2. The molecule has 5 rings (SSSR count). The molecule has 0 bridgehead atoms. The largest absolute Gasteiger partial charge is 0.344 e. The first-order valence-corrected chi connectivity index (χ1v) is 13.1. The number of rotatable bonds is 5. The van der Waals surface area contributed by atoms with Gasteiger partial charge in [-0.2, -0.15) is 5.10 Å². The van der Waals surface area contributed by atoms with Gasteiger partial charge in [0.05, 0.1) is 22.3 Å². The van der Waals surface area contributed by atoms with Gasteiger partial charge in [-0.25, -0.2) is 18.1 Å². The van der Waals surface area contributed by atoms with Crippen LogP contribution in [0.25, 0.3) is 27.5 Å². The van der Waals surface area contributed by atoms with Crippen molar-refractivity contribution in [2.45, 2.75) is 31.7 Å². The van der Waals surface area contributed by atoms with E-state index < -0.39 is 22.0 Å². The summed E-state index contributed by atoms with van der Waals surface area (Å²) in [6, 6.07) is 19.4. The molecule has 4 N–H and O–H groups in total. The lowest BCUT2D eigenvalue weighted by Crippen LogP contribution is -2.27. The van der Waals surface area contributed by atoms with Crippen LogP contribution in [0.15, 0.2) is 76.4 Å². The second-order valence-electron chi connectivity index (χ2n) is 9.02. The summed E-state index contributed by atoms with van der Waals surface area (Å²) in [5, 5.41) is 14.7. The third-order valence-corrected chi connectivity index (χ3v) is 7.49. The number of benzene rings is 3. The Kier molecular flexibility index (Phi) is 5.93. The van der Waals surface area contributed by atoms with Crippen LogP contribution in [0, 0.1) is 13.8 Å². The van der Waals surface area contributed by atoms with Gasteiger partial charge in [0.2, 0.25) is 10.0 Å². The fraction of sp³-hybridized carbons (Fsp3) is 0.148. The highest BCUT2D eigenvalue weighted by Gasteiger charge is 2.23. The number of H-pyrrole nitrogens is 1. The first-order chi connectivity index (χ1) is 17.5. The highest BCUT2D eigenvalue weighted by Crippen LogP contribution is 2.26. The van der Waals surface area contributed by atoms with Gasteiger partial charge in [0, 0.05) is 11.1 Å². The Balaban J connectivity index is 1.49. The molecule has 0 radical (unpaired) electrons. The SMILES string of the molecule is Cc1c(C(=O)NC(C)c2ccc(S(N)(=O)=O)cc2)nn2c(C)c(-c3ccc4ccccc4c3)[nH]c(=O)c12. The highest BCUT2D eigenvalue weighted by molar-refractivity contribution is 7.89. The molecule has 188 valence electrons. The summed E-state index contributed by atoms with van der Waals surface area (Å²) in [4.78, 5) is 29.2. The van der Waals surface area contributed by atoms with Gasteiger partial charge in [-0.1, -0.05) is 48.5 Å². The molecule has 0 saturated heterocycles. The standard InChI is InChI=1S/C27H25N5O4S/c1-15-23(26(33)29-16(2)18-10-12-22(13-11-18)37(28,35)36)31-32-17(3)24(30-27(34)25(15)32)21-9-8-19-6-4-5-7-20(19)14-21/h4-14,16H,1-3H3,(H,29,33)(H,30,34)(H2,28,35,36). The molecule has 37 heavy (non-hydrogen) atoms. The van der Waals surface area contributed by atoms with E-state index in [0.717, 1.165) is 16.3 Å². The van der Waals surface area contributed by atoms with Gasteiger partial charge in [0.15, 0.2) is 5.69 Å². The summed E-state index contributed by atoms with van der Waals surface area (Å²) in [5.74, 6) is -0.449. The van der Waals surface area contributed by atoms with Crippen LogP contribution >= 0.6 is 0 Å². The van der Waals surface area contributed by atoms with Crippen LogP contribution in [-0.2, 0) is 10.0 Å². The molecule has 3 aromatic carbocycles. The third kappa shape index (κ3) is 4.41. The Morgan fingerprint density at radius 1 is 1.03 bits per heavy atom. The number of hydrogen-bond acceptors (Lipinski definition) is 5. The van der Waals surface area contributed by atoms with E-state index in [0.29, 0.717) is 28.0 Å². The third-order valence-electron chi connectivity index (χ3n) is 6.56. The second kappa shape index (κ2) is 8.99. The van der Waals surface area contributed by atoms with Gasteiger partial charge in [0.25, 0.3) is 11.5 Å². The number of hydrogen-bond donors (Lipinski definition) is 3. The van der Waals surface area contributed by atoms with Crippen molar-refractivity contribution in [2.75, 3.05) is 0 Å². The molecule has 0 aliphatic heterocycles. The van der Waals surface area contributed by atoms with E-state index in [1.165, 1.54) is 16.6 Å². The maximum absolute atomic E-state index is 13.2. The maximum Gasteiger partial charge on any atom is 0.274 e. The molecule has 2 heterocycles. The minimum Gasteiger partial charge on any atom is -0.344 e. The zero-order valence-corrected chi connectivity index (χ0v) is 21.3. The first-order valence-electron chi connectivity index (χ1n) is 11.6. The number of sulfonamides is 1. The Labute approximate surface area is 213 Å². The molecule has 1 amide bonds. The molecule has 0 spiro atoms. The minimum absolute atomic E-state index is 0.0112. The summed E-state index contributed by atoms with van der Waals surface area (Å²) in [5.41, 5.74) is 3.41. The number of amides is 1. The number of nitrogens with two attached hydrogens (primary N) is 1. The molecule has 10 heteroatoms. The van der Waals surface area contributed by atoms with E-state index in [2.05, 4.69) is 15.4 Å². The number of aromatic nitrogens is 3. The van der Waals surface area contributed by atoms with Gasteiger partial charge in [-0.3, -0.25) is 9.59 Å². The Bertz CT molecular complexity index is 1850. The van der Waals surface area contributed by atoms with Crippen LogP contribution in [0.5, 0.6) is 0 Å². The van der Waals surface area contributed by atoms with Crippen molar-refractivity contribution in [3.05, 3.63) is 99.6 Å². The molecule has 1 atom stereocenters.